The van der Waals surface area contributed by atoms with Crippen LogP contribution in [0.1, 0.15) is 0 Å². The van der Waals surface area contributed by atoms with Crippen LogP contribution in [0.15, 0.2) is 45.6 Å². The molecule has 0 unspecified atom stereocenters. The Bertz CT molecular complexity index is 1550. The molecule has 0 radical (unpaired) electrons. The van der Waals surface area contributed by atoms with Crippen molar-refractivity contribution in [3.63, 3.8) is 0 Å². The number of hydrogen-bond donors (Lipinski definition) is 4. The van der Waals surface area contributed by atoms with Crippen LogP contribution in [-0.4, -0.2) is 52.6 Å². The monoisotopic (exact) mass is 533 g/mol. The second kappa shape index (κ2) is 9.48. The first kappa shape index (κ1) is 25.0. The van der Waals surface area contributed by atoms with Gasteiger partial charge in [0.05, 0.1) is 22.8 Å². The summed E-state index contributed by atoms with van der Waals surface area (Å²) in [7, 11) is 1.33. The molecule has 2 aromatic carbocycles. The van der Waals surface area contributed by atoms with E-state index in [2.05, 4.69) is 0 Å². The van der Waals surface area contributed by atoms with Crippen molar-refractivity contribution in [2.75, 3.05) is 25.1 Å². The molecule has 1 aliphatic heterocycles. The standard InChI is InChI=1S/C24H17Cl2NO9/c1-35-19-5-15(27(8-22(31)32)9-23(33)34)18(30)4-12(19)24-10-2-13(25)16(28)6-20(10)36-21-7-17(29)14(26)3-11(21)24/h2-7,28,30H,8-9H2,1H3,(H,31,32)(H,33,34). The number of halogens is 2. The summed E-state index contributed by atoms with van der Waals surface area (Å²) in [4.78, 5) is 35.7. The SMILES string of the molecule is COc1cc(N(CC(=O)O)CC(=O)O)c(O)cc1-c1c2cc(Cl)c(=O)cc-2oc2cc(O)c(Cl)cc12. The molecular weight excluding hydrogens is 517 g/mol. The maximum atomic E-state index is 12.2. The summed E-state index contributed by atoms with van der Waals surface area (Å²) in [6.07, 6.45) is 0. The molecular formula is C24H17Cl2NO9. The largest absolute Gasteiger partial charge is 0.506 e. The van der Waals surface area contributed by atoms with E-state index in [1.807, 2.05) is 0 Å². The van der Waals surface area contributed by atoms with Gasteiger partial charge in [-0.1, -0.05) is 23.2 Å². The van der Waals surface area contributed by atoms with Crippen LogP contribution >= 0.6 is 23.2 Å². The van der Waals surface area contributed by atoms with E-state index in [0.29, 0.717) is 16.5 Å². The molecule has 12 heteroatoms. The van der Waals surface area contributed by atoms with Crippen molar-refractivity contribution in [3.8, 4) is 39.7 Å². The zero-order valence-corrected chi connectivity index (χ0v) is 19.9. The number of phenolic OH excluding ortho intramolecular Hbond substituents is 2. The number of nitrogens with zero attached hydrogens (tertiary/aromatic N) is 1. The smallest absolute Gasteiger partial charge is 0.323 e. The minimum atomic E-state index is -1.31. The highest BCUT2D eigenvalue weighted by atomic mass is 35.5. The number of carboxylic acid groups (broad SMARTS) is 2. The minimum Gasteiger partial charge on any atom is -0.506 e. The number of hydrogen-bond acceptors (Lipinski definition) is 8. The van der Waals surface area contributed by atoms with Gasteiger partial charge in [-0.2, -0.15) is 0 Å². The van der Waals surface area contributed by atoms with Gasteiger partial charge in [-0.25, -0.2) is 0 Å². The zero-order chi connectivity index (χ0) is 26.3. The van der Waals surface area contributed by atoms with Gasteiger partial charge < -0.3 is 34.5 Å². The molecule has 1 aliphatic carbocycles. The van der Waals surface area contributed by atoms with Crippen molar-refractivity contribution >= 4 is 51.8 Å². The highest BCUT2D eigenvalue weighted by Crippen LogP contribution is 2.48. The van der Waals surface area contributed by atoms with Crippen LogP contribution in [0.4, 0.5) is 5.69 Å². The molecule has 1 heterocycles. The predicted octanol–water partition coefficient (Wildman–Crippen LogP) is 4.27. The molecule has 4 rings (SSSR count). The van der Waals surface area contributed by atoms with E-state index in [4.69, 9.17) is 32.4 Å². The van der Waals surface area contributed by atoms with E-state index in [1.165, 1.54) is 43.5 Å². The quantitative estimate of drug-likeness (QED) is 0.253. The minimum absolute atomic E-state index is 0.00116. The number of aromatic hydroxyl groups is 2. The van der Waals surface area contributed by atoms with Gasteiger partial charge in [0.25, 0.3) is 0 Å². The number of rotatable bonds is 7. The third-order valence-electron chi connectivity index (χ3n) is 5.40. The maximum Gasteiger partial charge on any atom is 0.323 e. The Morgan fingerprint density at radius 3 is 2.19 bits per heavy atom. The number of aliphatic carboxylic acids is 2. The van der Waals surface area contributed by atoms with Crippen LogP contribution in [0.2, 0.25) is 10.0 Å². The summed E-state index contributed by atoms with van der Waals surface area (Å²) in [5, 5.41) is 39.7. The Morgan fingerprint density at radius 1 is 0.917 bits per heavy atom. The summed E-state index contributed by atoms with van der Waals surface area (Å²) < 4.78 is 11.3. The van der Waals surface area contributed by atoms with Crippen molar-refractivity contribution in [2.24, 2.45) is 0 Å². The summed E-state index contributed by atoms with van der Waals surface area (Å²) in [5.41, 5.74) is 0.561. The van der Waals surface area contributed by atoms with Gasteiger partial charge in [-0.05, 0) is 18.2 Å². The van der Waals surface area contributed by atoms with Crippen molar-refractivity contribution in [1.82, 2.24) is 0 Å². The van der Waals surface area contributed by atoms with E-state index in [-0.39, 0.29) is 44.1 Å². The number of phenols is 2. The maximum absolute atomic E-state index is 12.2. The Kier molecular flexibility index (Phi) is 6.57. The summed E-state index contributed by atoms with van der Waals surface area (Å²) >= 11 is 12.3. The van der Waals surface area contributed by atoms with E-state index in [9.17, 15) is 34.8 Å². The molecule has 2 aromatic rings. The molecule has 4 N–H and O–H groups in total. The number of carbonyl (C=O) groups is 2. The molecule has 0 atom stereocenters. The number of methoxy groups -OCH3 is 1. The van der Waals surface area contributed by atoms with E-state index in [1.54, 1.807) is 0 Å². The molecule has 0 aromatic heterocycles. The van der Waals surface area contributed by atoms with E-state index in [0.717, 1.165) is 4.90 Å². The second-order valence-corrected chi connectivity index (χ2v) is 8.55. The lowest BCUT2D eigenvalue weighted by molar-refractivity contribution is -0.136. The van der Waals surface area contributed by atoms with E-state index < -0.39 is 36.2 Å². The predicted molar refractivity (Wildman–Crippen MR) is 132 cm³/mol. The molecule has 0 bridgehead atoms. The lowest BCUT2D eigenvalue weighted by Gasteiger charge is -2.24. The first-order valence-electron chi connectivity index (χ1n) is 10.2. The molecule has 36 heavy (non-hydrogen) atoms. The van der Waals surface area contributed by atoms with Gasteiger partial charge in [0.15, 0.2) is 0 Å². The van der Waals surface area contributed by atoms with Gasteiger partial charge in [-0.15, -0.1) is 0 Å². The van der Waals surface area contributed by atoms with Gasteiger partial charge in [0, 0.05) is 40.3 Å². The Morgan fingerprint density at radius 2 is 1.58 bits per heavy atom. The average molecular weight is 534 g/mol. The van der Waals surface area contributed by atoms with Gasteiger partial charge in [0.2, 0.25) is 5.43 Å². The van der Waals surface area contributed by atoms with Gasteiger partial charge in [0.1, 0.15) is 41.7 Å². The van der Waals surface area contributed by atoms with E-state index >= 15 is 0 Å². The Labute approximate surface area is 212 Å². The Balaban J connectivity index is 2.08. The highest BCUT2D eigenvalue weighted by Gasteiger charge is 2.26. The third-order valence-corrected chi connectivity index (χ3v) is 6.00. The topological polar surface area (TPSA) is 158 Å². The molecule has 10 nitrogen and oxygen atoms in total. The number of fused-ring (bicyclic) bond motifs is 2. The van der Waals surface area contributed by atoms with Crippen LogP contribution < -0.4 is 15.1 Å². The van der Waals surface area contributed by atoms with Crippen LogP contribution in [0.5, 0.6) is 17.2 Å². The molecule has 0 saturated heterocycles. The molecule has 0 saturated carbocycles. The molecule has 2 aliphatic rings. The molecule has 0 spiro atoms. The van der Waals surface area contributed by atoms with Crippen LogP contribution in [0.25, 0.3) is 33.4 Å². The molecule has 186 valence electrons. The Hall–Kier alpha value is -4.15. The normalized spacial score (nSPS) is 11.1. The zero-order valence-electron chi connectivity index (χ0n) is 18.4. The number of carboxylic acids is 2. The lowest BCUT2D eigenvalue weighted by Crippen LogP contribution is -2.34. The fraction of sp³-hybridized carbons (Fsp3) is 0.125. The van der Waals surface area contributed by atoms with Crippen LogP contribution in [0, 0.1) is 0 Å². The van der Waals surface area contributed by atoms with Crippen LogP contribution in [-0.2, 0) is 9.59 Å². The molecule has 0 fully saturated rings. The highest BCUT2D eigenvalue weighted by molar-refractivity contribution is 6.33. The average Bonchev–Trinajstić information content (AvgIpc) is 2.78. The first-order chi connectivity index (χ1) is 17.0. The number of benzene rings is 3. The summed E-state index contributed by atoms with van der Waals surface area (Å²) in [5.74, 6) is -3.07. The third kappa shape index (κ3) is 4.56. The fourth-order valence-electron chi connectivity index (χ4n) is 3.92. The van der Waals surface area contributed by atoms with Crippen molar-refractivity contribution < 1.29 is 39.2 Å². The fourth-order valence-corrected chi connectivity index (χ4v) is 4.25. The van der Waals surface area contributed by atoms with Crippen molar-refractivity contribution in [1.29, 1.82) is 0 Å². The van der Waals surface area contributed by atoms with Crippen LogP contribution in [0.3, 0.4) is 0 Å². The molecule has 0 amide bonds. The van der Waals surface area contributed by atoms with Crippen molar-refractivity contribution in [3.05, 3.63) is 56.7 Å². The summed E-state index contributed by atoms with van der Waals surface area (Å²) in [6.45, 7) is -1.40. The number of anilines is 1. The van der Waals surface area contributed by atoms with Crippen molar-refractivity contribution in [2.45, 2.75) is 0 Å². The first-order valence-corrected chi connectivity index (χ1v) is 10.9. The lowest BCUT2D eigenvalue weighted by atomic mass is 9.92. The second-order valence-electron chi connectivity index (χ2n) is 7.74. The van der Waals surface area contributed by atoms with Gasteiger partial charge >= 0.3 is 11.9 Å². The number of ether oxygens (including phenoxy) is 1. The van der Waals surface area contributed by atoms with Gasteiger partial charge in [-0.3, -0.25) is 14.4 Å². The summed E-state index contributed by atoms with van der Waals surface area (Å²) in [6, 6.07) is 7.80.